The van der Waals surface area contributed by atoms with Crippen LogP contribution >= 0.6 is 23.2 Å². The fourth-order valence-corrected chi connectivity index (χ4v) is 2.48. The van der Waals surface area contributed by atoms with Crippen LogP contribution in [0.1, 0.15) is 15.9 Å². The van der Waals surface area contributed by atoms with Crippen molar-refractivity contribution in [3.8, 4) is 0 Å². The van der Waals surface area contributed by atoms with E-state index >= 15 is 0 Å². The van der Waals surface area contributed by atoms with Gasteiger partial charge in [0.2, 0.25) is 0 Å². The summed E-state index contributed by atoms with van der Waals surface area (Å²) in [5.74, 6) is -0.519. The molecule has 0 radical (unpaired) electrons. The molecule has 6 heteroatoms. The van der Waals surface area contributed by atoms with Gasteiger partial charge in [-0.3, -0.25) is 4.79 Å². The Balaban J connectivity index is 2.05. The Kier molecular flexibility index (Phi) is 4.94. The number of nitrogen functional groups attached to an aromatic ring is 1. The van der Waals surface area contributed by atoms with Gasteiger partial charge in [0.15, 0.2) is 0 Å². The molecule has 0 bridgehead atoms. The Bertz CT molecular complexity index is 674. The number of benzene rings is 2. The van der Waals surface area contributed by atoms with Crippen LogP contribution in [0.15, 0.2) is 36.4 Å². The van der Waals surface area contributed by atoms with Crippen LogP contribution < -0.4 is 16.8 Å². The highest BCUT2D eigenvalue weighted by atomic mass is 35.5. The molecule has 2 rings (SSSR count). The Labute approximate surface area is 133 Å². The van der Waals surface area contributed by atoms with Crippen LogP contribution in [0.5, 0.6) is 0 Å². The maximum absolute atomic E-state index is 11.4. The number of hydrogen-bond acceptors (Lipinski definition) is 3. The molecule has 0 spiro atoms. The van der Waals surface area contributed by atoms with Gasteiger partial charge in [0.25, 0.3) is 5.91 Å². The first-order valence-electron chi connectivity index (χ1n) is 6.34. The van der Waals surface area contributed by atoms with E-state index in [-0.39, 0.29) is 0 Å². The van der Waals surface area contributed by atoms with E-state index in [4.69, 9.17) is 34.7 Å². The molecule has 0 fully saturated rings. The van der Waals surface area contributed by atoms with Gasteiger partial charge >= 0.3 is 0 Å². The standard InChI is InChI=1S/C15H15Cl2N3O/c16-10-2-1-9(13(17)7-10)5-6-20-14-4-3-11(18)8-12(14)15(19)21/h1-4,7-8,20H,5-6,18H2,(H2,19,21). The van der Waals surface area contributed by atoms with Crippen molar-refractivity contribution in [1.29, 1.82) is 0 Å². The van der Waals surface area contributed by atoms with E-state index in [2.05, 4.69) is 5.32 Å². The molecule has 110 valence electrons. The maximum atomic E-state index is 11.4. The van der Waals surface area contributed by atoms with Crippen molar-refractivity contribution >= 4 is 40.5 Å². The number of carbonyl (C=O) groups excluding carboxylic acids is 1. The number of halogens is 2. The van der Waals surface area contributed by atoms with E-state index in [1.54, 1.807) is 30.3 Å². The van der Waals surface area contributed by atoms with Gasteiger partial charge in [0.1, 0.15) is 0 Å². The predicted molar refractivity (Wildman–Crippen MR) is 88.0 cm³/mol. The molecule has 0 aliphatic rings. The van der Waals surface area contributed by atoms with E-state index < -0.39 is 5.91 Å². The molecule has 21 heavy (non-hydrogen) atoms. The van der Waals surface area contributed by atoms with Crippen molar-refractivity contribution in [2.24, 2.45) is 5.73 Å². The van der Waals surface area contributed by atoms with E-state index in [0.717, 1.165) is 5.56 Å². The lowest BCUT2D eigenvalue weighted by molar-refractivity contribution is 0.100. The number of nitrogens with one attached hydrogen (secondary N) is 1. The lowest BCUT2D eigenvalue weighted by Crippen LogP contribution is -2.16. The van der Waals surface area contributed by atoms with Gasteiger partial charge in [0, 0.05) is 28.0 Å². The second-order valence-corrected chi connectivity index (χ2v) is 5.43. The van der Waals surface area contributed by atoms with Crippen molar-refractivity contribution in [3.63, 3.8) is 0 Å². The fraction of sp³-hybridized carbons (Fsp3) is 0.133. The Morgan fingerprint density at radius 1 is 1.14 bits per heavy atom. The molecular formula is C15H15Cl2N3O. The van der Waals surface area contributed by atoms with Gasteiger partial charge in [-0.2, -0.15) is 0 Å². The van der Waals surface area contributed by atoms with Crippen molar-refractivity contribution in [1.82, 2.24) is 0 Å². The summed E-state index contributed by atoms with van der Waals surface area (Å²) in [6.07, 6.45) is 0.693. The Hall–Kier alpha value is -1.91. The minimum atomic E-state index is -0.519. The minimum absolute atomic E-state index is 0.372. The van der Waals surface area contributed by atoms with Gasteiger partial charge in [-0.1, -0.05) is 29.3 Å². The monoisotopic (exact) mass is 323 g/mol. The van der Waals surface area contributed by atoms with E-state index in [9.17, 15) is 4.79 Å². The summed E-state index contributed by atoms with van der Waals surface area (Å²) in [7, 11) is 0. The first-order valence-corrected chi connectivity index (χ1v) is 7.10. The molecule has 0 aliphatic heterocycles. The molecule has 0 aliphatic carbocycles. The van der Waals surface area contributed by atoms with Gasteiger partial charge in [-0.25, -0.2) is 0 Å². The fourth-order valence-electron chi connectivity index (χ4n) is 1.98. The third-order valence-electron chi connectivity index (χ3n) is 3.03. The number of nitrogens with two attached hydrogens (primary N) is 2. The molecule has 4 nitrogen and oxygen atoms in total. The smallest absolute Gasteiger partial charge is 0.250 e. The van der Waals surface area contributed by atoms with Gasteiger partial charge in [0.05, 0.1) is 5.56 Å². The molecule has 2 aromatic carbocycles. The van der Waals surface area contributed by atoms with Gasteiger partial charge in [-0.05, 0) is 42.3 Å². The predicted octanol–water partition coefficient (Wildman–Crippen LogP) is 3.33. The molecule has 0 aromatic heterocycles. The van der Waals surface area contributed by atoms with Crippen molar-refractivity contribution < 1.29 is 4.79 Å². The molecule has 1 amide bonds. The van der Waals surface area contributed by atoms with Crippen LogP contribution in [0.25, 0.3) is 0 Å². The largest absolute Gasteiger partial charge is 0.399 e. The van der Waals surface area contributed by atoms with Crippen LogP contribution in [-0.2, 0) is 6.42 Å². The second kappa shape index (κ2) is 6.70. The molecule has 0 unspecified atom stereocenters. The molecule has 5 N–H and O–H groups in total. The molecule has 0 saturated carbocycles. The topological polar surface area (TPSA) is 81.1 Å². The molecule has 0 heterocycles. The lowest BCUT2D eigenvalue weighted by atomic mass is 10.1. The second-order valence-electron chi connectivity index (χ2n) is 4.58. The normalized spacial score (nSPS) is 10.4. The third kappa shape index (κ3) is 4.03. The van der Waals surface area contributed by atoms with Crippen molar-refractivity contribution in [3.05, 3.63) is 57.6 Å². The third-order valence-corrected chi connectivity index (χ3v) is 3.62. The molecule has 2 aromatic rings. The highest BCUT2D eigenvalue weighted by Crippen LogP contribution is 2.22. The summed E-state index contributed by atoms with van der Waals surface area (Å²) in [6, 6.07) is 10.4. The Morgan fingerprint density at radius 3 is 2.57 bits per heavy atom. The van der Waals surface area contributed by atoms with Crippen LogP contribution in [0.4, 0.5) is 11.4 Å². The lowest BCUT2D eigenvalue weighted by Gasteiger charge is -2.11. The molecule has 0 saturated heterocycles. The minimum Gasteiger partial charge on any atom is -0.399 e. The van der Waals surface area contributed by atoms with Crippen molar-refractivity contribution in [2.75, 3.05) is 17.6 Å². The van der Waals surface area contributed by atoms with Crippen LogP contribution in [-0.4, -0.2) is 12.5 Å². The number of anilines is 2. The van der Waals surface area contributed by atoms with Crippen LogP contribution in [0.2, 0.25) is 10.0 Å². The highest BCUT2D eigenvalue weighted by Gasteiger charge is 2.08. The number of primary amides is 1. The summed E-state index contributed by atoms with van der Waals surface area (Å²) in [5, 5.41) is 4.39. The zero-order chi connectivity index (χ0) is 15.4. The van der Waals surface area contributed by atoms with Crippen LogP contribution in [0.3, 0.4) is 0 Å². The summed E-state index contributed by atoms with van der Waals surface area (Å²) < 4.78 is 0. The SMILES string of the molecule is NC(=O)c1cc(N)ccc1NCCc1ccc(Cl)cc1Cl. The van der Waals surface area contributed by atoms with E-state index in [1.165, 1.54) is 0 Å². The van der Waals surface area contributed by atoms with Crippen molar-refractivity contribution in [2.45, 2.75) is 6.42 Å². The first-order chi connectivity index (χ1) is 9.97. The summed E-state index contributed by atoms with van der Waals surface area (Å²) in [6.45, 7) is 0.603. The van der Waals surface area contributed by atoms with Gasteiger partial charge in [-0.15, -0.1) is 0 Å². The zero-order valence-corrected chi connectivity index (χ0v) is 12.7. The number of hydrogen-bond donors (Lipinski definition) is 3. The average molecular weight is 324 g/mol. The summed E-state index contributed by atoms with van der Waals surface area (Å²) in [5.41, 5.74) is 13.5. The van der Waals surface area contributed by atoms with Gasteiger partial charge < -0.3 is 16.8 Å². The molecule has 0 atom stereocenters. The number of carbonyl (C=O) groups is 1. The average Bonchev–Trinajstić information content (AvgIpc) is 2.42. The van der Waals surface area contributed by atoms with E-state index in [0.29, 0.717) is 39.9 Å². The highest BCUT2D eigenvalue weighted by molar-refractivity contribution is 6.35. The maximum Gasteiger partial charge on any atom is 0.250 e. The molecular weight excluding hydrogens is 309 g/mol. The quantitative estimate of drug-likeness (QED) is 0.738. The van der Waals surface area contributed by atoms with E-state index in [1.807, 2.05) is 6.07 Å². The zero-order valence-electron chi connectivity index (χ0n) is 11.2. The number of amides is 1. The van der Waals surface area contributed by atoms with Crippen LogP contribution in [0, 0.1) is 0 Å². The Morgan fingerprint density at radius 2 is 1.90 bits per heavy atom. The first kappa shape index (κ1) is 15.5. The number of rotatable bonds is 5. The summed E-state index contributed by atoms with van der Waals surface area (Å²) >= 11 is 12.0. The summed E-state index contributed by atoms with van der Waals surface area (Å²) in [4.78, 5) is 11.4.